The number of nitrogens with zero attached hydrogens (tertiary/aromatic N) is 5. The topological polar surface area (TPSA) is 85.8 Å². The number of carboxylic acids is 1. The largest absolute Gasteiger partial charge is 0.481 e. The first kappa shape index (κ1) is 12.6. The fraction of sp³-hybridized carbons (Fsp3) is 0.400. The summed E-state index contributed by atoms with van der Waals surface area (Å²) in [5.74, 6) is 0.539. The van der Waals surface area contributed by atoms with Crippen molar-refractivity contribution in [1.82, 2.24) is 24.5 Å². The summed E-state index contributed by atoms with van der Waals surface area (Å²) in [7, 11) is 1.82. The second-order valence-electron chi connectivity index (χ2n) is 3.62. The van der Waals surface area contributed by atoms with E-state index in [1.165, 1.54) is 0 Å². The lowest BCUT2D eigenvalue weighted by molar-refractivity contribution is -0.133. The van der Waals surface area contributed by atoms with Crippen LogP contribution in [0.5, 0.6) is 0 Å². The average molecular weight is 267 g/mol. The zero-order valence-electron chi connectivity index (χ0n) is 10.1. The Labute approximate surface area is 108 Å². The Morgan fingerprint density at radius 1 is 1.50 bits per heavy atom. The van der Waals surface area contributed by atoms with E-state index in [0.717, 1.165) is 17.6 Å². The Morgan fingerprint density at radius 3 is 2.83 bits per heavy atom. The molecule has 0 saturated heterocycles. The number of hydrogen-bond donors (Lipinski definition) is 1. The lowest BCUT2D eigenvalue weighted by Gasteiger charge is -2.04. The Bertz CT molecular complexity index is 562. The number of carbonyl (C=O) groups is 1. The van der Waals surface area contributed by atoms with Crippen LogP contribution in [0.4, 0.5) is 0 Å². The molecule has 18 heavy (non-hydrogen) atoms. The number of aromatic nitrogens is 5. The van der Waals surface area contributed by atoms with Gasteiger partial charge in [0.25, 0.3) is 0 Å². The Hall–Kier alpha value is -1.83. The molecule has 0 amide bonds. The quantitative estimate of drug-likeness (QED) is 0.804. The summed E-state index contributed by atoms with van der Waals surface area (Å²) in [4.78, 5) is 10.6. The molecule has 0 spiro atoms. The average Bonchev–Trinajstić information content (AvgIpc) is 2.91. The first-order valence-corrected chi connectivity index (χ1v) is 6.39. The summed E-state index contributed by atoms with van der Waals surface area (Å²) in [6.07, 6.45) is 2.53. The number of carboxylic acid groups (broad SMARTS) is 1. The van der Waals surface area contributed by atoms with E-state index in [4.69, 9.17) is 5.11 Å². The predicted molar refractivity (Wildman–Crippen MR) is 65.9 cm³/mol. The van der Waals surface area contributed by atoms with Crippen LogP contribution >= 0.6 is 11.8 Å². The minimum absolute atomic E-state index is 0.0469. The molecule has 0 fully saturated rings. The highest BCUT2D eigenvalue weighted by Crippen LogP contribution is 2.21. The zero-order valence-corrected chi connectivity index (χ0v) is 10.9. The molecule has 2 rings (SSSR count). The molecule has 0 aliphatic carbocycles. The van der Waals surface area contributed by atoms with Crippen molar-refractivity contribution < 1.29 is 9.90 Å². The van der Waals surface area contributed by atoms with Gasteiger partial charge in [-0.1, -0.05) is 18.7 Å². The summed E-state index contributed by atoms with van der Waals surface area (Å²) in [6, 6.07) is 1.84. The molecule has 2 aromatic heterocycles. The van der Waals surface area contributed by atoms with Gasteiger partial charge in [-0.15, -0.1) is 10.2 Å². The maximum Gasteiger partial charge on any atom is 0.313 e. The molecular formula is C10H13N5O2S. The Balaban J connectivity index is 2.36. The van der Waals surface area contributed by atoms with Crippen molar-refractivity contribution >= 4 is 17.7 Å². The van der Waals surface area contributed by atoms with Gasteiger partial charge in [-0.3, -0.25) is 14.0 Å². The Kier molecular flexibility index (Phi) is 3.66. The molecular weight excluding hydrogens is 254 g/mol. The molecule has 0 aliphatic rings. The number of thioether (sulfide) groups is 1. The van der Waals surface area contributed by atoms with Crippen LogP contribution in [0, 0.1) is 0 Å². The SMILES string of the molecule is CCc1nnc(SCC(=O)O)n1-c1ccn(C)n1. The summed E-state index contributed by atoms with van der Waals surface area (Å²) in [5, 5.41) is 21.6. The van der Waals surface area contributed by atoms with Crippen molar-refractivity contribution in [1.29, 1.82) is 0 Å². The van der Waals surface area contributed by atoms with E-state index in [1.54, 1.807) is 9.25 Å². The van der Waals surface area contributed by atoms with Gasteiger partial charge in [-0.05, 0) is 0 Å². The molecule has 0 radical (unpaired) electrons. The van der Waals surface area contributed by atoms with Crippen LogP contribution in [0.2, 0.25) is 0 Å². The van der Waals surface area contributed by atoms with Crippen molar-refractivity contribution in [3.8, 4) is 5.82 Å². The summed E-state index contributed by atoms with van der Waals surface area (Å²) >= 11 is 1.14. The molecule has 0 aromatic carbocycles. The van der Waals surface area contributed by atoms with Crippen LogP contribution in [0.3, 0.4) is 0 Å². The van der Waals surface area contributed by atoms with Gasteiger partial charge in [0.1, 0.15) is 5.82 Å². The summed E-state index contributed by atoms with van der Waals surface area (Å²) in [5.41, 5.74) is 0. The van der Waals surface area contributed by atoms with E-state index >= 15 is 0 Å². The normalized spacial score (nSPS) is 10.8. The number of rotatable bonds is 5. The fourth-order valence-electron chi connectivity index (χ4n) is 1.50. The van der Waals surface area contributed by atoms with Gasteiger partial charge in [-0.2, -0.15) is 5.10 Å². The molecule has 7 nitrogen and oxygen atoms in total. The molecule has 0 atom stereocenters. The lowest BCUT2D eigenvalue weighted by atomic mass is 10.4. The molecule has 2 aromatic rings. The van der Waals surface area contributed by atoms with E-state index in [0.29, 0.717) is 17.4 Å². The maximum atomic E-state index is 10.6. The van der Waals surface area contributed by atoms with Crippen molar-refractivity contribution in [2.75, 3.05) is 5.75 Å². The van der Waals surface area contributed by atoms with Crippen LogP contribution in [0.25, 0.3) is 5.82 Å². The zero-order chi connectivity index (χ0) is 13.1. The first-order chi connectivity index (χ1) is 8.61. The van der Waals surface area contributed by atoms with E-state index in [9.17, 15) is 4.79 Å². The van der Waals surface area contributed by atoms with Gasteiger partial charge in [-0.25, -0.2) is 0 Å². The van der Waals surface area contributed by atoms with Crippen LogP contribution < -0.4 is 0 Å². The van der Waals surface area contributed by atoms with Gasteiger partial charge in [0.2, 0.25) is 0 Å². The summed E-state index contributed by atoms with van der Waals surface area (Å²) in [6.45, 7) is 1.97. The highest BCUT2D eigenvalue weighted by atomic mass is 32.2. The number of aliphatic carboxylic acids is 1. The van der Waals surface area contributed by atoms with Gasteiger partial charge < -0.3 is 5.11 Å². The predicted octanol–water partition coefficient (Wildman–Crippen LogP) is 0.740. The van der Waals surface area contributed by atoms with Crippen LogP contribution in [0.15, 0.2) is 17.4 Å². The van der Waals surface area contributed by atoms with E-state index < -0.39 is 5.97 Å². The highest BCUT2D eigenvalue weighted by Gasteiger charge is 2.15. The van der Waals surface area contributed by atoms with Gasteiger partial charge >= 0.3 is 5.97 Å². The second kappa shape index (κ2) is 5.21. The van der Waals surface area contributed by atoms with Crippen LogP contribution in [-0.4, -0.2) is 41.4 Å². The Morgan fingerprint density at radius 2 is 2.28 bits per heavy atom. The molecule has 8 heteroatoms. The second-order valence-corrected chi connectivity index (χ2v) is 4.56. The summed E-state index contributed by atoms with van der Waals surface area (Å²) < 4.78 is 3.47. The van der Waals surface area contributed by atoms with Gasteiger partial charge in [0.05, 0.1) is 5.75 Å². The molecule has 0 unspecified atom stereocenters. The molecule has 96 valence electrons. The number of aryl methyl sites for hydroxylation is 2. The third kappa shape index (κ3) is 2.53. The van der Waals surface area contributed by atoms with Crippen molar-refractivity contribution in [2.24, 2.45) is 7.05 Å². The number of hydrogen-bond acceptors (Lipinski definition) is 5. The minimum Gasteiger partial charge on any atom is -0.481 e. The molecule has 2 heterocycles. The van der Waals surface area contributed by atoms with Crippen molar-refractivity contribution in [2.45, 2.75) is 18.5 Å². The standard InChI is InChI=1S/C10H13N5O2S/c1-3-7-11-12-10(18-6-9(16)17)15(7)8-4-5-14(2)13-8/h4-5H,3,6H2,1-2H3,(H,16,17). The smallest absolute Gasteiger partial charge is 0.313 e. The minimum atomic E-state index is -0.881. The van der Waals surface area contributed by atoms with Crippen LogP contribution in [-0.2, 0) is 18.3 Å². The third-order valence-electron chi connectivity index (χ3n) is 2.27. The fourth-order valence-corrected chi connectivity index (χ4v) is 2.18. The van der Waals surface area contributed by atoms with E-state index in [2.05, 4.69) is 15.3 Å². The molecule has 0 aliphatic heterocycles. The van der Waals surface area contributed by atoms with Gasteiger partial charge in [0.15, 0.2) is 11.0 Å². The highest BCUT2D eigenvalue weighted by molar-refractivity contribution is 7.99. The lowest BCUT2D eigenvalue weighted by Crippen LogP contribution is -2.05. The van der Waals surface area contributed by atoms with E-state index in [-0.39, 0.29) is 5.75 Å². The molecule has 0 saturated carbocycles. The van der Waals surface area contributed by atoms with Crippen molar-refractivity contribution in [3.05, 3.63) is 18.1 Å². The molecule has 1 N–H and O–H groups in total. The monoisotopic (exact) mass is 267 g/mol. The third-order valence-corrected chi connectivity index (χ3v) is 3.18. The van der Waals surface area contributed by atoms with E-state index in [1.807, 2.05) is 26.2 Å². The maximum absolute atomic E-state index is 10.6. The van der Waals surface area contributed by atoms with Gasteiger partial charge in [0, 0.05) is 25.7 Å². The van der Waals surface area contributed by atoms with Crippen LogP contribution in [0.1, 0.15) is 12.7 Å². The first-order valence-electron chi connectivity index (χ1n) is 5.40. The van der Waals surface area contributed by atoms with Crippen molar-refractivity contribution in [3.63, 3.8) is 0 Å². The molecule has 0 bridgehead atoms.